The largest absolute Gasteiger partial charge is 0.573 e. The second-order valence-electron chi connectivity index (χ2n) is 7.04. The molecule has 0 saturated heterocycles. The molecule has 0 unspecified atom stereocenters. The number of carbonyl (C=O) groups excluding carboxylic acids is 2. The fourth-order valence-electron chi connectivity index (χ4n) is 2.66. The van der Waals surface area contributed by atoms with Gasteiger partial charge in [-0.15, -0.1) is 13.2 Å². The summed E-state index contributed by atoms with van der Waals surface area (Å²) in [6.07, 6.45) is -3.19. The van der Waals surface area contributed by atoms with Gasteiger partial charge in [-0.1, -0.05) is 6.07 Å². The lowest BCUT2D eigenvalue weighted by molar-refractivity contribution is -0.274. The maximum atomic E-state index is 12.2. The van der Waals surface area contributed by atoms with Crippen LogP contribution in [-0.4, -0.2) is 39.2 Å². The first-order valence-corrected chi connectivity index (χ1v) is 11.1. The second kappa shape index (κ2) is 9.57. The summed E-state index contributed by atoms with van der Waals surface area (Å²) in [7, 11) is -4.03. The van der Waals surface area contributed by atoms with Gasteiger partial charge in [0.05, 0.1) is 4.90 Å². The Kier molecular flexibility index (Phi) is 7.04. The topological polar surface area (TPSA) is 114 Å². The van der Waals surface area contributed by atoms with E-state index in [9.17, 15) is 31.2 Å². The highest BCUT2D eigenvalue weighted by atomic mass is 32.2. The molecule has 0 heterocycles. The van der Waals surface area contributed by atoms with Crippen molar-refractivity contribution in [3.8, 4) is 5.75 Å². The lowest BCUT2D eigenvalue weighted by Crippen LogP contribution is -2.28. The average Bonchev–Trinajstić information content (AvgIpc) is 3.51. The minimum Gasteiger partial charge on any atom is -0.406 e. The number of anilines is 1. The molecule has 1 aliphatic carbocycles. The van der Waals surface area contributed by atoms with Gasteiger partial charge in [0.15, 0.2) is 0 Å². The number of ether oxygens (including phenoxy) is 1. The van der Waals surface area contributed by atoms with Gasteiger partial charge in [0.2, 0.25) is 15.9 Å². The van der Waals surface area contributed by atoms with Crippen molar-refractivity contribution in [2.75, 3.05) is 11.9 Å². The average molecular weight is 471 g/mol. The van der Waals surface area contributed by atoms with Gasteiger partial charge in [-0.25, -0.2) is 13.1 Å². The van der Waals surface area contributed by atoms with Gasteiger partial charge < -0.3 is 15.4 Å². The SMILES string of the molecule is O=C(CCNS(=O)(=O)c1ccc(OC(F)(F)F)cc1)Nc1cccc(C(=O)NC2CC2)c1. The number of rotatable bonds is 9. The van der Waals surface area contributed by atoms with Crippen LogP contribution in [0.1, 0.15) is 29.6 Å². The Morgan fingerprint density at radius 2 is 1.75 bits per heavy atom. The Morgan fingerprint density at radius 1 is 1.06 bits per heavy atom. The molecule has 3 rings (SSSR count). The number of hydrogen-bond acceptors (Lipinski definition) is 5. The molecule has 172 valence electrons. The fourth-order valence-corrected chi connectivity index (χ4v) is 3.69. The van der Waals surface area contributed by atoms with Crippen LogP contribution < -0.4 is 20.1 Å². The van der Waals surface area contributed by atoms with Crippen LogP contribution in [0.2, 0.25) is 0 Å². The van der Waals surface area contributed by atoms with E-state index >= 15 is 0 Å². The third-order valence-corrected chi connectivity index (χ3v) is 5.81. The van der Waals surface area contributed by atoms with Crippen LogP contribution in [0.25, 0.3) is 0 Å². The molecule has 32 heavy (non-hydrogen) atoms. The highest BCUT2D eigenvalue weighted by Gasteiger charge is 2.31. The Hall–Kier alpha value is -3.12. The van der Waals surface area contributed by atoms with E-state index in [0.29, 0.717) is 11.3 Å². The van der Waals surface area contributed by atoms with Crippen LogP contribution in [0, 0.1) is 0 Å². The van der Waals surface area contributed by atoms with Gasteiger partial charge >= 0.3 is 6.36 Å². The number of hydrogen-bond donors (Lipinski definition) is 3. The van der Waals surface area contributed by atoms with Crippen molar-refractivity contribution in [3.63, 3.8) is 0 Å². The molecule has 12 heteroatoms. The summed E-state index contributed by atoms with van der Waals surface area (Å²) in [5.74, 6) is -1.27. The number of alkyl halides is 3. The molecular weight excluding hydrogens is 451 g/mol. The van der Waals surface area contributed by atoms with Crippen LogP contribution in [0.15, 0.2) is 53.4 Å². The van der Waals surface area contributed by atoms with E-state index in [1.807, 2.05) is 0 Å². The molecule has 0 bridgehead atoms. The molecule has 2 aromatic rings. The highest BCUT2D eigenvalue weighted by molar-refractivity contribution is 7.89. The molecular formula is C20H20F3N3O5S. The number of carbonyl (C=O) groups is 2. The Morgan fingerprint density at radius 3 is 2.38 bits per heavy atom. The molecule has 0 radical (unpaired) electrons. The van der Waals surface area contributed by atoms with E-state index in [4.69, 9.17) is 0 Å². The summed E-state index contributed by atoms with van der Waals surface area (Å²) < 4.78 is 66.9. The first-order chi connectivity index (χ1) is 15.0. The van der Waals surface area contributed by atoms with Crippen LogP contribution in [0.5, 0.6) is 5.75 Å². The van der Waals surface area contributed by atoms with Gasteiger partial charge in [0.1, 0.15) is 5.75 Å². The van der Waals surface area contributed by atoms with Crippen molar-refractivity contribution in [1.29, 1.82) is 0 Å². The van der Waals surface area contributed by atoms with Crippen molar-refractivity contribution < 1.29 is 35.9 Å². The molecule has 8 nitrogen and oxygen atoms in total. The first kappa shape index (κ1) is 23.5. The number of benzene rings is 2. The molecule has 1 aliphatic rings. The number of sulfonamides is 1. The lowest BCUT2D eigenvalue weighted by atomic mass is 10.2. The van der Waals surface area contributed by atoms with Crippen molar-refractivity contribution in [1.82, 2.24) is 10.0 Å². The summed E-state index contributed by atoms with van der Waals surface area (Å²) in [6.45, 7) is -0.239. The summed E-state index contributed by atoms with van der Waals surface area (Å²) in [5.41, 5.74) is 0.787. The Bertz CT molecular complexity index is 1080. The maximum Gasteiger partial charge on any atom is 0.573 e. The maximum absolute atomic E-state index is 12.2. The molecule has 0 aromatic heterocycles. The highest BCUT2D eigenvalue weighted by Crippen LogP contribution is 2.24. The van der Waals surface area contributed by atoms with E-state index in [2.05, 4.69) is 20.1 Å². The molecule has 2 aromatic carbocycles. The van der Waals surface area contributed by atoms with E-state index in [0.717, 1.165) is 37.1 Å². The fraction of sp³-hybridized carbons (Fsp3) is 0.300. The van der Waals surface area contributed by atoms with E-state index in [1.54, 1.807) is 18.2 Å². The monoisotopic (exact) mass is 471 g/mol. The standard InChI is InChI=1S/C20H20F3N3O5S/c21-20(22,23)31-16-6-8-17(9-7-16)32(29,30)24-11-10-18(27)25-15-3-1-2-13(12-15)19(28)26-14-4-5-14/h1-3,6-9,12,14,24H,4-5,10-11H2,(H,25,27)(H,26,28). The van der Waals surface area contributed by atoms with Crippen molar-refractivity contribution >= 4 is 27.5 Å². The normalized spacial score (nSPS) is 14.0. The molecule has 0 spiro atoms. The number of halogens is 3. The quantitative estimate of drug-likeness (QED) is 0.521. The van der Waals surface area contributed by atoms with Gasteiger partial charge in [-0.05, 0) is 55.3 Å². The minimum atomic E-state index is -4.88. The van der Waals surface area contributed by atoms with Crippen LogP contribution in [0.3, 0.4) is 0 Å². The van der Waals surface area contributed by atoms with Gasteiger partial charge in [0.25, 0.3) is 5.91 Å². The second-order valence-corrected chi connectivity index (χ2v) is 8.81. The van der Waals surface area contributed by atoms with E-state index in [1.165, 1.54) is 6.07 Å². The summed E-state index contributed by atoms with van der Waals surface area (Å²) >= 11 is 0. The third-order valence-electron chi connectivity index (χ3n) is 4.33. The Labute approximate surface area is 182 Å². The summed E-state index contributed by atoms with van der Waals surface area (Å²) in [4.78, 5) is 23.9. The number of amides is 2. The molecule has 0 atom stereocenters. The number of nitrogens with one attached hydrogen (secondary N) is 3. The Balaban J connectivity index is 1.49. The van der Waals surface area contributed by atoms with E-state index < -0.39 is 28.0 Å². The predicted molar refractivity (Wildman–Crippen MR) is 108 cm³/mol. The molecule has 1 saturated carbocycles. The molecule has 1 fully saturated rings. The van der Waals surface area contributed by atoms with Gasteiger partial charge in [-0.2, -0.15) is 0 Å². The van der Waals surface area contributed by atoms with Crippen molar-refractivity contribution in [3.05, 3.63) is 54.1 Å². The van der Waals surface area contributed by atoms with Crippen molar-refractivity contribution in [2.24, 2.45) is 0 Å². The molecule has 0 aliphatic heterocycles. The van der Waals surface area contributed by atoms with E-state index in [-0.39, 0.29) is 29.8 Å². The van der Waals surface area contributed by atoms with Crippen LogP contribution in [0.4, 0.5) is 18.9 Å². The molecule has 3 N–H and O–H groups in total. The summed E-state index contributed by atoms with van der Waals surface area (Å²) in [5, 5.41) is 5.42. The van der Waals surface area contributed by atoms with Crippen molar-refractivity contribution in [2.45, 2.75) is 36.6 Å². The lowest BCUT2D eigenvalue weighted by Gasteiger charge is -2.10. The first-order valence-electron chi connectivity index (χ1n) is 9.58. The van der Waals surface area contributed by atoms with Gasteiger partial charge in [-0.3, -0.25) is 9.59 Å². The predicted octanol–water partition coefficient (Wildman–Crippen LogP) is 2.78. The zero-order chi connectivity index (χ0) is 23.4. The zero-order valence-electron chi connectivity index (χ0n) is 16.6. The molecule has 2 amide bonds. The minimum absolute atomic E-state index is 0.196. The van der Waals surface area contributed by atoms with Gasteiger partial charge in [0, 0.05) is 30.3 Å². The van der Waals surface area contributed by atoms with Crippen LogP contribution >= 0.6 is 0 Å². The third kappa shape index (κ3) is 7.24. The zero-order valence-corrected chi connectivity index (χ0v) is 17.4. The van der Waals surface area contributed by atoms with Crippen LogP contribution in [-0.2, 0) is 14.8 Å². The smallest absolute Gasteiger partial charge is 0.406 e. The summed E-state index contributed by atoms with van der Waals surface area (Å²) in [6, 6.07) is 10.2.